The highest BCUT2D eigenvalue weighted by Gasteiger charge is 2.44. The van der Waals surface area contributed by atoms with Gasteiger partial charge in [-0.05, 0) is 35.4 Å². The Morgan fingerprint density at radius 2 is 1.66 bits per heavy atom. The van der Waals surface area contributed by atoms with Gasteiger partial charge in [-0.1, -0.05) is 41.5 Å². The number of thioether (sulfide) groups is 1. The Labute approximate surface area is 212 Å². The average Bonchev–Trinajstić information content (AvgIpc) is 3.12. The number of benzene rings is 1. The number of esters is 2. The maximum absolute atomic E-state index is 13.0. The maximum atomic E-state index is 13.0. The minimum atomic E-state index is -2.11. The van der Waals surface area contributed by atoms with Gasteiger partial charge in [0.15, 0.2) is 5.60 Å². The van der Waals surface area contributed by atoms with Gasteiger partial charge in [-0.15, -0.1) is 11.8 Å². The van der Waals surface area contributed by atoms with Gasteiger partial charge < -0.3 is 24.6 Å². The minimum Gasteiger partial charge on any atom is -0.467 e. The lowest BCUT2D eigenvalue weighted by Gasteiger charge is -2.36. The number of aliphatic hydroxyl groups excluding tert-OH is 1. The molecule has 0 bridgehead atoms. The lowest BCUT2D eigenvalue weighted by molar-refractivity contribution is -0.169. The predicted molar refractivity (Wildman–Crippen MR) is 135 cm³/mol. The monoisotopic (exact) mass is 509 g/mol. The van der Waals surface area contributed by atoms with Crippen molar-refractivity contribution in [2.45, 2.75) is 89.7 Å². The van der Waals surface area contributed by atoms with Crippen molar-refractivity contribution in [1.82, 2.24) is 4.90 Å². The van der Waals surface area contributed by atoms with Gasteiger partial charge in [0.2, 0.25) is 5.91 Å². The predicted octanol–water partition coefficient (Wildman–Crippen LogP) is 3.46. The fourth-order valence-corrected chi connectivity index (χ4v) is 5.58. The van der Waals surface area contributed by atoms with E-state index in [9.17, 15) is 24.6 Å². The molecule has 2 N–H and O–H groups in total. The third-order valence-corrected chi connectivity index (χ3v) is 7.33. The van der Waals surface area contributed by atoms with Crippen molar-refractivity contribution in [3.8, 4) is 5.75 Å². The Bertz CT molecular complexity index is 944. The molecule has 1 heterocycles. The van der Waals surface area contributed by atoms with Crippen molar-refractivity contribution < 1.29 is 34.1 Å². The number of carbonyl (C=O) groups is 3. The van der Waals surface area contributed by atoms with Crippen molar-refractivity contribution in [3.05, 3.63) is 28.8 Å². The first-order chi connectivity index (χ1) is 16.0. The molecule has 0 spiro atoms. The van der Waals surface area contributed by atoms with Crippen LogP contribution in [0.15, 0.2) is 12.1 Å². The largest absolute Gasteiger partial charge is 0.467 e. The summed E-state index contributed by atoms with van der Waals surface area (Å²) in [6.45, 7) is 14.5. The summed E-state index contributed by atoms with van der Waals surface area (Å²) in [6, 6.07) is 3.38. The maximum Gasteiger partial charge on any atom is 0.340 e. The Morgan fingerprint density at radius 1 is 1.14 bits per heavy atom. The van der Waals surface area contributed by atoms with Crippen LogP contribution in [0.3, 0.4) is 0 Å². The Morgan fingerprint density at radius 3 is 2.06 bits per heavy atom. The van der Waals surface area contributed by atoms with E-state index in [1.165, 1.54) is 18.7 Å². The Hall–Kier alpha value is -2.10. The van der Waals surface area contributed by atoms with Crippen molar-refractivity contribution in [2.75, 3.05) is 19.5 Å². The van der Waals surface area contributed by atoms with Crippen LogP contribution in [0.4, 0.5) is 0 Å². The third kappa shape index (κ3) is 6.37. The zero-order valence-corrected chi connectivity index (χ0v) is 23.0. The summed E-state index contributed by atoms with van der Waals surface area (Å²) < 4.78 is 10.4. The normalized spacial score (nSPS) is 19.3. The molecule has 196 valence electrons. The molecule has 1 aromatic rings. The highest BCUT2D eigenvalue weighted by atomic mass is 32.2. The fraction of sp³-hybridized carbons (Fsp3) is 0.654. The average molecular weight is 510 g/mol. The third-order valence-electron chi connectivity index (χ3n) is 6.10. The molecular weight excluding hydrogens is 470 g/mol. The molecule has 1 aliphatic heterocycles. The fourth-order valence-electron chi connectivity index (χ4n) is 4.32. The van der Waals surface area contributed by atoms with Crippen LogP contribution in [-0.2, 0) is 30.0 Å². The van der Waals surface area contributed by atoms with Gasteiger partial charge in [0, 0.05) is 30.5 Å². The van der Waals surface area contributed by atoms with Gasteiger partial charge >= 0.3 is 11.9 Å². The first-order valence-electron chi connectivity index (χ1n) is 11.7. The number of ether oxygens (including phenoxy) is 2. The second kappa shape index (κ2) is 10.5. The molecule has 0 aliphatic carbocycles. The van der Waals surface area contributed by atoms with Crippen LogP contribution in [-0.4, -0.2) is 64.1 Å². The molecule has 8 nitrogen and oxygen atoms in total. The van der Waals surface area contributed by atoms with Gasteiger partial charge in [0.1, 0.15) is 11.1 Å². The van der Waals surface area contributed by atoms with Crippen molar-refractivity contribution in [1.29, 1.82) is 0 Å². The van der Waals surface area contributed by atoms with Crippen molar-refractivity contribution in [2.24, 2.45) is 0 Å². The number of nitrogens with zero attached hydrogens (tertiary/aromatic N) is 1. The van der Waals surface area contributed by atoms with Gasteiger partial charge in [-0.3, -0.25) is 9.59 Å². The molecule has 3 unspecified atom stereocenters. The van der Waals surface area contributed by atoms with Gasteiger partial charge in [0.05, 0.1) is 19.5 Å². The summed E-state index contributed by atoms with van der Waals surface area (Å²) in [5, 5.41) is 20.0. The smallest absolute Gasteiger partial charge is 0.340 e. The number of methoxy groups -OCH3 is 1. The van der Waals surface area contributed by atoms with Crippen LogP contribution in [0.2, 0.25) is 0 Å². The van der Waals surface area contributed by atoms with E-state index >= 15 is 0 Å². The molecule has 35 heavy (non-hydrogen) atoms. The van der Waals surface area contributed by atoms with E-state index in [0.717, 1.165) is 23.8 Å². The van der Waals surface area contributed by atoms with E-state index in [-0.39, 0.29) is 34.3 Å². The van der Waals surface area contributed by atoms with Gasteiger partial charge in [-0.25, -0.2) is 4.79 Å². The molecule has 1 aromatic carbocycles. The lowest BCUT2D eigenvalue weighted by Crippen LogP contribution is -2.49. The molecular formula is C26H39NO7S. The van der Waals surface area contributed by atoms with E-state index in [2.05, 4.69) is 4.74 Å². The number of hydrogen-bond acceptors (Lipinski definition) is 8. The second-order valence-electron chi connectivity index (χ2n) is 11.2. The van der Waals surface area contributed by atoms with Crippen LogP contribution < -0.4 is 4.74 Å². The number of hydrogen-bond donors (Lipinski definition) is 2. The van der Waals surface area contributed by atoms with E-state index in [1.54, 1.807) is 11.8 Å². The van der Waals surface area contributed by atoms with Crippen LogP contribution in [0.1, 0.15) is 83.9 Å². The van der Waals surface area contributed by atoms with Crippen LogP contribution in [0.25, 0.3) is 0 Å². The summed E-state index contributed by atoms with van der Waals surface area (Å²) in [5.74, 6) is -0.697. The summed E-state index contributed by atoms with van der Waals surface area (Å²) in [5.41, 5.74) is -0.255. The molecule has 2 rings (SSSR count). The topological polar surface area (TPSA) is 113 Å². The number of carbonyl (C=O) groups excluding carboxylic acids is 3. The van der Waals surface area contributed by atoms with E-state index in [0.29, 0.717) is 5.75 Å². The first-order valence-corrected chi connectivity index (χ1v) is 12.7. The van der Waals surface area contributed by atoms with E-state index in [1.807, 2.05) is 53.7 Å². The molecule has 1 saturated heterocycles. The minimum absolute atomic E-state index is 0.128. The SMILES string of the molecule is COC(=O)C(O)(CO)CC(C)N1C(=O)CSC1c1cc(C(C)(C)C)c(OC(C)=O)c(C(C)(C)C)c1. The molecule has 1 amide bonds. The van der Waals surface area contributed by atoms with Crippen LogP contribution in [0, 0.1) is 0 Å². The molecule has 0 radical (unpaired) electrons. The first kappa shape index (κ1) is 29.1. The zero-order chi connectivity index (χ0) is 26.9. The molecule has 3 atom stereocenters. The Kier molecular flexibility index (Phi) is 8.73. The molecule has 1 aliphatic rings. The summed E-state index contributed by atoms with van der Waals surface area (Å²) >= 11 is 1.45. The van der Waals surface area contributed by atoms with E-state index in [4.69, 9.17) is 4.74 Å². The van der Waals surface area contributed by atoms with E-state index < -0.39 is 30.2 Å². The molecule has 0 saturated carbocycles. The molecule has 0 aromatic heterocycles. The standard InChI is InChI=1S/C26H39NO7S/c1-15(12-26(32,14-28)23(31)33-9)27-20(30)13-35-22(27)17-10-18(24(3,4)5)21(34-16(2)29)19(11-17)25(6,7)8/h10-11,15,22,28,32H,12-14H2,1-9H3. The van der Waals surface area contributed by atoms with Gasteiger partial charge in [-0.2, -0.15) is 0 Å². The van der Waals surface area contributed by atoms with Gasteiger partial charge in [0.25, 0.3) is 0 Å². The quantitative estimate of drug-likeness (QED) is 0.424. The number of rotatable bonds is 7. The highest BCUT2D eigenvalue weighted by Crippen LogP contribution is 2.47. The summed E-state index contributed by atoms with van der Waals surface area (Å²) in [7, 11) is 1.14. The molecule has 9 heteroatoms. The highest BCUT2D eigenvalue weighted by molar-refractivity contribution is 8.00. The summed E-state index contributed by atoms with van der Waals surface area (Å²) in [4.78, 5) is 38.7. The van der Waals surface area contributed by atoms with Crippen LogP contribution in [0.5, 0.6) is 5.75 Å². The lowest BCUT2D eigenvalue weighted by atomic mass is 9.78. The van der Waals surface area contributed by atoms with Crippen LogP contribution >= 0.6 is 11.8 Å². The zero-order valence-electron chi connectivity index (χ0n) is 22.2. The number of aliphatic hydroxyl groups is 2. The Balaban J connectivity index is 2.64. The van der Waals surface area contributed by atoms with Crippen molar-refractivity contribution in [3.63, 3.8) is 0 Å². The summed E-state index contributed by atoms with van der Waals surface area (Å²) in [6.07, 6.45) is -0.178. The second-order valence-corrected chi connectivity index (χ2v) is 12.3. The number of amides is 1. The van der Waals surface area contributed by atoms with Crippen molar-refractivity contribution >= 4 is 29.6 Å². The molecule has 1 fully saturated rings.